The number of rotatable bonds is 1. The number of para-hydroxylation sites is 2. The number of benzene rings is 3. The number of aromatic nitrogens is 4. The van der Waals surface area contributed by atoms with E-state index in [4.69, 9.17) is 9.97 Å². The van der Waals surface area contributed by atoms with Crippen molar-refractivity contribution in [1.29, 1.82) is 0 Å². The highest BCUT2D eigenvalue weighted by atomic mass is 15.1. The van der Waals surface area contributed by atoms with Crippen LogP contribution >= 0.6 is 0 Å². The fourth-order valence-corrected chi connectivity index (χ4v) is 6.29. The van der Waals surface area contributed by atoms with Crippen LogP contribution in [0.1, 0.15) is 25.0 Å². The van der Waals surface area contributed by atoms with Crippen molar-refractivity contribution in [2.45, 2.75) is 19.3 Å². The van der Waals surface area contributed by atoms with Gasteiger partial charge in [0.2, 0.25) is 0 Å². The lowest BCUT2D eigenvalue weighted by Gasteiger charge is -2.34. The van der Waals surface area contributed by atoms with E-state index in [0.29, 0.717) is 0 Å². The van der Waals surface area contributed by atoms with Crippen molar-refractivity contribution in [3.8, 4) is 11.5 Å². The third kappa shape index (κ3) is 2.22. The van der Waals surface area contributed by atoms with Gasteiger partial charge in [-0.05, 0) is 42.5 Å². The molecule has 35 heavy (non-hydrogen) atoms. The normalized spacial score (nSPS) is 14.2. The molecule has 0 radical (unpaired) electrons. The van der Waals surface area contributed by atoms with Crippen molar-refractivity contribution >= 4 is 43.7 Å². The van der Waals surface area contributed by atoms with Crippen molar-refractivity contribution in [1.82, 2.24) is 19.1 Å². The van der Waals surface area contributed by atoms with Gasteiger partial charge in [0.25, 0.3) is 0 Å². The molecule has 0 fully saturated rings. The molecule has 3 aromatic carbocycles. The van der Waals surface area contributed by atoms with Gasteiger partial charge < -0.3 is 4.57 Å². The van der Waals surface area contributed by atoms with Crippen LogP contribution in [0.5, 0.6) is 0 Å². The molecule has 8 rings (SSSR count). The number of hydrogen-bond acceptors (Lipinski definition) is 2. The molecule has 0 unspecified atom stereocenters. The van der Waals surface area contributed by atoms with Gasteiger partial charge >= 0.3 is 0 Å². The maximum absolute atomic E-state index is 4.88. The van der Waals surface area contributed by atoms with E-state index in [9.17, 15) is 0 Å². The van der Waals surface area contributed by atoms with Crippen LogP contribution in [0.3, 0.4) is 0 Å². The number of fused-ring (bicyclic) bond motifs is 9. The summed E-state index contributed by atoms with van der Waals surface area (Å²) in [5.74, 6) is 0.977. The standard InChI is InChI=1S/C31H22N4/c1-31(2)24-14-9-17-33-30(24)35-28-23(21-13-8-16-32-29(21)35)18-22-20-12-6-7-15-25(20)34(27(22)26(28)31)19-10-4-3-5-11-19/h3-18H,1-2H3. The van der Waals surface area contributed by atoms with E-state index in [2.05, 4.69) is 102 Å². The Hall–Kier alpha value is -4.44. The second-order valence-corrected chi connectivity index (χ2v) is 9.94. The minimum Gasteiger partial charge on any atom is -0.309 e. The van der Waals surface area contributed by atoms with Crippen LogP contribution in [0.15, 0.2) is 97.3 Å². The zero-order valence-electron chi connectivity index (χ0n) is 19.5. The van der Waals surface area contributed by atoms with Gasteiger partial charge in [0.1, 0.15) is 11.5 Å². The van der Waals surface area contributed by atoms with E-state index in [1.807, 2.05) is 18.5 Å². The molecule has 5 heterocycles. The third-order valence-electron chi connectivity index (χ3n) is 7.75. The molecule has 1 aliphatic heterocycles. The smallest absolute Gasteiger partial charge is 0.146 e. The fourth-order valence-electron chi connectivity index (χ4n) is 6.29. The SMILES string of the molecule is CC1(C)c2cccnc2-n2c3ncccc3c3cc4c5ccccc5n(-c5ccccc5)c4c1c32. The quantitative estimate of drug-likeness (QED) is 0.263. The summed E-state index contributed by atoms with van der Waals surface area (Å²) in [6.45, 7) is 4.67. The first kappa shape index (κ1) is 18.9. The van der Waals surface area contributed by atoms with E-state index in [1.165, 1.54) is 49.5 Å². The Morgan fingerprint density at radius 1 is 0.629 bits per heavy atom. The van der Waals surface area contributed by atoms with Gasteiger partial charge in [-0.2, -0.15) is 0 Å². The summed E-state index contributed by atoms with van der Waals surface area (Å²) in [6.07, 6.45) is 3.77. The molecule has 7 aromatic rings. The van der Waals surface area contributed by atoms with Gasteiger partial charge in [0, 0.05) is 56.2 Å². The largest absolute Gasteiger partial charge is 0.309 e. The van der Waals surface area contributed by atoms with Crippen LogP contribution in [0, 0.1) is 0 Å². The van der Waals surface area contributed by atoms with E-state index >= 15 is 0 Å². The van der Waals surface area contributed by atoms with E-state index in [-0.39, 0.29) is 5.41 Å². The number of nitrogens with zero attached hydrogens (tertiary/aromatic N) is 4. The Labute approximate surface area is 202 Å². The van der Waals surface area contributed by atoms with Crippen LogP contribution in [0.2, 0.25) is 0 Å². The van der Waals surface area contributed by atoms with Crippen molar-refractivity contribution in [3.63, 3.8) is 0 Å². The first-order valence-electron chi connectivity index (χ1n) is 12.0. The highest BCUT2D eigenvalue weighted by Crippen LogP contribution is 2.51. The predicted octanol–water partition coefficient (Wildman–Crippen LogP) is 7.31. The maximum Gasteiger partial charge on any atom is 0.146 e. The summed E-state index contributed by atoms with van der Waals surface area (Å²) in [6, 6.07) is 30.3. The maximum atomic E-state index is 4.88. The molecule has 0 saturated heterocycles. The van der Waals surface area contributed by atoms with Crippen molar-refractivity contribution in [2.75, 3.05) is 0 Å². The molecule has 0 bridgehead atoms. The number of pyridine rings is 2. The summed E-state index contributed by atoms with van der Waals surface area (Å²) in [4.78, 5) is 9.73. The minimum atomic E-state index is -0.257. The second kappa shape index (κ2) is 6.36. The molecule has 1 aliphatic rings. The van der Waals surface area contributed by atoms with Gasteiger partial charge in [-0.25, -0.2) is 9.97 Å². The van der Waals surface area contributed by atoms with Crippen molar-refractivity contribution in [2.24, 2.45) is 0 Å². The Morgan fingerprint density at radius 3 is 2.20 bits per heavy atom. The van der Waals surface area contributed by atoms with E-state index in [0.717, 1.165) is 16.9 Å². The molecule has 0 aliphatic carbocycles. The lowest BCUT2D eigenvalue weighted by atomic mass is 9.74. The lowest BCUT2D eigenvalue weighted by Crippen LogP contribution is -2.28. The Balaban J connectivity index is 1.74. The predicted molar refractivity (Wildman–Crippen MR) is 143 cm³/mol. The van der Waals surface area contributed by atoms with Gasteiger partial charge in [0.15, 0.2) is 0 Å². The number of hydrogen-bond donors (Lipinski definition) is 0. The van der Waals surface area contributed by atoms with Crippen LogP contribution in [-0.4, -0.2) is 19.1 Å². The summed E-state index contributed by atoms with van der Waals surface area (Å²) in [5.41, 5.74) is 8.10. The summed E-state index contributed by atoms with van der Waals surface area (Å²) < 4.78 is 4.73. The monoisotopic (exact) mass is 450 g/mol. The summed E-state index contributed by atoms with van der Waals surface area (Å²) in [5, 5.41) is 4.93. The highest BCUT2D eigenvalue weighted by Gasteiger charge is 2.39. The molecule has 0 saturated carbocycles. The first-order chi connectivity index (χ1) is 17.2. The molecular weight excluding hydrogens is 428 g/mol. The second-order valence-electron chi connectivity index (χ2n) is 9.94. The van der Waals surface area contributed by atoms with Crippen LogP contribution in [0.4, 0.5) is 0 Å². The Morgan fingerprint density at radius 2 is 1.31 bits per heavy atom. The zero-order chi connectivity index (χ0) is 23.3. The van der Waals surface area contributed by atoms with Gasteiger partial charge in [-0.15, -0.1) is 0 Å². The lowest BCUT2D eigenvalue weighted by molar-refractivity contribution is 0.627. The summed E-state index contributed by atoms with van der Waals surface area (Å²) in [7, 11) is 0. The van der Waals surface area contributed by atoms with Crippen LogP contribution in [-0.2, 0) is 5.41 Å². The first-order valence-corrected chi connectivity index (χ1v) is 12.0. The Bertz CT molecular complexity index is 1970. The average Bonchev–Trinajstić information content (AvgIpc) is 3.40. The average molecular weight is 451 g/mol. The molecule has 0 spiro atoms. The molecule has 4 heteroatoms. The molecular formula is C31H22N4. The molecule has 0 amide bonds. The molecule has 0 N–H and O–H groups in total. The summed E-state index contributed by atoms with van der Waals surface area (Å²) >= 11 is 0. The highest BCUT2D eigenvalue weighted by molar-refractivity contribution is 6.21. The van der Waals surface area contributed by atoms with E-state index < -0.39 is 0 Å². The molecule has 4 aromatic heterocycles. The topological polar surface area (TPSA) is 35.6 Å². The van der Waals surface area contributed by atoms with Crippen molar-refractivity contribution in [3.05, 3.63) is 108 Å². The van der Waals surface area contributed by atoms with Crippen LogP contribution < -0.4 is 0 Å². The van der Waals surface area contributed by atoms with Gasteiger partial charge in [0.05, 0.1) is 16.6 Å². The van der Waals surface area contributed by atoms with Crippen LogP contribution in [0.25, 0.3) is 55.2 Å². The minimum absolute atomic E-state index is 0.257. The van der Waals surface area contributed by atoms with Gasteiger partial charge in [-0.3, -0.25) is 4.57 Å². The zero-order valence-corrected chi connectivity index (χ0v) is 19.5. The molecule has 166 valence electrons. The van der Waals surface area contributed by atoms with E-state index in [1.54, 1.807) is 0 Å². The fraction of sp³-hybridized carbons (Fsp3) is 0.0968. The molecule has 0 atom stereocenters. The third-order valence-corrected chi connectivity index (χ3v) is 7.75. The Kier molecular flexibility index (Phi) is 3.44. The van der Waals surface area contributed by atoms with Crippen molar-refractivity contribution < 1.29 is 0 Å². The van der Waals surface area contributed by atoms with Gasteiger partial charge in [-0.1, -0.05) is 56.3 Å². The molecule has 4 nitrogen and oxygen atoms in total.